The number of anilines is 1. The molecule has 5 rings (SSSR count). The third-order valence-corrected chi connectivity index (χ3v) is 6.71. The van der Waals surface area contributed by atoms with Crippen LogP contribution in [0.25, 0.3) is 10.9 Å². The molecule has 6 heteroatoms. The Morgan fingerprint density at radius 1 is 1.06 bits per heavy atom. The van der Waals surface area contributed by atoms with Crippen molar-refractivity contribution in [1.82, 2.24) is 9.88 Å². The second-order valence-corrected chi connectivity index (χ2v) is 8.87. The molecule has 2 aromatic carbocycles. The average Bonchev–Trinajstić information content (AvgIpc) is 3.14. The van der Waals surface area contributed by atoms with Gasteiger partial charge in [0.05, 0.1) is 6.54 Å². The van der Waals surface area contributed by atoms with Crippen LogP contribution in [-0.4, -0.2) is 28.0 Å². The van der Waals surface area contributed by atoms with E-state index >= 15 is 0 Å². The monoisotopic (exact) mass is 419 g/mol. The number of hydrogen-bond acceptors (Lipinski definition) is 2. The summed E-state index contributed by atoms with van der Waals surface area (Å²) in [5.74, 6) is -0.799. The van der Waals surface area contributed by atoms with Crippen molar-refractivity contribution >= 4 is 28.4 Å². The van der Waals surface area contributed by atoms with Gasteiger partial charge in [-0.15, -0.1) is 0 Å². The Kier molecular flexibility index (Phi) is 4.80. The van der Waals surface area contributed by atoms with Crippen molar-refractivity contribution in [3.63, 3.8) is 0 Å². The van der Waals surface area contributed by atoms with Gasteiger partial charge in [-0.25, -0.2) is 4.39 Å². The number of amides is 2. The fourth-order valence-electron chi connectivity index (χ4n) is 5.03. The molecule has 0 spiro atoms. The van der Waals surface area contributed by atoms with Gasteiger partial charge in [-0.1, -0.05) is 37.5 Å². The number of aromatic nitrogens is 1. The fourth-order valence-corrected chi connectivity index (χ4v) is 5.03. The largest absolute Gasteiger partial charge is 0.351 e. The summed E-state index contributed by atoms with van der Waals surface area (Å²) in [7, 11) is 0. The van der Waals surface area contributed by atoms with Gasteiger partial charge in [0.25, 0.3) is 5.91 Å². The van der Waals surface area contributed by atoms with E-state index in [0.29, 0.717) is 17.9 Å². The van der Waals surface area contributed by atoms with E-state index in [1.807, 2.05) is 41.8 Å². The Morgan fingerprint density at radius 3 is 2.52 bits per heavy atom. The van der Waals surface area contributed by atoms with E-state index < -0.39 is 5.54 Å². The zero-order chi connectivity index (χ0) is 21.6. The molecule has 2 heterocycles. The Hall–Kier alpha value is -3.15. The Morgan fingerprint density at radius 2 is 1.77 bits per heavy atom. The van der Waals surface area contributed by atoms with Crippen LogP contribution < -0.4 is 10.2 Å². The van der Waals surface area contributed by atoms with E-state index in [2.05, 4.69) is 5.32 Å². The molecule has 2 aliphatic rings. The summed E-state index contributed by atoms with van der Waals surface area (Å²) in [6.45, 7) is 2.14. The lowest BCUT2D eigenvalue weighted by Crippen LogP contribution is -2.65. The van der Waals surface area contributed by atoms with Crippen molar-refractivity contribution in [3.8, 4) is 0 Å². The molecule has 0 saturated heterocycles. The van der Waals surface area contributed by atoms with Crippen molar-refractivity contribution < 1.29 is 14.0 Å². The fraction of sp³-hybridized carbons (Fsp3) is 0.360. The molecule has 1 aromatic heterocycles. The topological polar surface area (TPSA) is 54.3 Å². The zero-order valence-electron chi connectivity index (χ0n) is 17.6. The number of carbonyl (C=O) groups excluding carboxylic acids is 2. The van der Waals surface area contributed by atoms with Crippen LogP contribution in [0.15, 0.2) is 54.6 Å². The van der Waals surface area contributed by atoms with Crippen LogP contribution >= 0.6 is 0 Å². The highest BCUT2D eigenvalue weighted by Gasteiger charge is 2.49. The lowest BCUT2D eigenvalue weighted by Gasteiger charge is -2.44. The van der Waals surface area contributed by atoms with E-state index in [0.717, 1.165) is 36.6 Å². The van der Waals surface area contributed by atoms with Gasteiger partial charge in [0, 0.05) is 22.6 Å². The number of hydrogen-bond donors (Lipinski definition) is 1. The molecule has 160 valence electrons. The van der Waals surface area contributed by atoms with Gasteiger partial charge < -0.3 is 9.88 Å². The summed E-state index contributed by atoms with van der Waals surface area (Å²) < 4.78 is 15.5. The minimum Gasteiger partial charge on any atom is -0.351 e. The Bertz CT molecular complexity index is 1150. The van der Waals surface area contributed by atoms with Crippen LogP contribution in [0.1, 0.15) is 49.5 Å². The van der Waals surface area contributed by atoms with Gasteiger partial charge in [-0.3, -0.25) is 14.5 Å². The van der Waals surface area contributed by atoms with Crippen LogP contribution in [0.2, 0.25) is 0 Å². The van der Waals surface area contributed by atoms with Crippen molar-refractivity contribution in [2.24, 2.45) is 0 Å². The molecule has 3 aromatic rings. The first-order chi connectivity index (χ1) is 15.0. The summed E-state index contributed by atoms with van der Waals surface area (Å²) >= 11 is 0. The van der Waals surface area contributed by atoms with Crippen LogP contribution in [0.3, 0.4) is 0 Å². The predicted molar refractivity (Wildman–Crippen MR) is 119 cm³/mol. The number of para-hydroxylation sites is 1. The number of nitrogens with zero attached hydrogens (tertiary/aromatic N) is 2. The van der Waals surface area contributed by atoms with Gasteiger partial charge in [-0.05, 0) is 56.2 Å². The lowest BCUT2D eigenvalue weighted by atomic mass is 9.91. The van der Waals surface area contributed by atoms with Crippen LogP contribution in [0, 0.1) is 5.82 Å². The highest BCUT2D eigenvalue weighted by molar-refractivity contribution is 6.14. The van der Waals surface area contributed by atoms with Crippen LogP contribution in [0.4, 0.5) is 10.1 Å². The SMILES string of the molecule is CC1(C(=O)NC2CCCCC2)Cn2c(cc3ccccc32)C(=O)N1c1ccc(F)cc1. The number of nitrogens with one attached hydrogen (secondary N) is 1. The summed E-state index contributed by atoms with van der Waals surface area (Å²) in [6.07, 6.45) is 5.33. The maximum atomic E-state index is 13.7. The van der Waals surface area contributed by atoms with Gasteiger partial charge in [-0.2, -0.15) is 0 Å². The molecule has 1 fully saturated rings. The molecular formula is C25H26FN3O2. The van der Waals surface area contributed by atoms with E-state index in [-0.39, 0.29) is 23.7 Å². The average molecular weight is 420 g/mol. The van der Waals surface area contributed by atoms with Crippen molar-refractivity contribution in [2.45, 2.75) is 57.2 Å². The number of benzene rings is 2. The predicted octanol–water partition coefficient (Wildman–Crippen LogP) is 4.65. The first kappa shape index (κ1) is 19.8. The smallest absolute Gasteiger partial charge is 0.275 e. The molecule has 1 aliphatic carbocycles. The third-order valence-electron chi connectivity index (χ3n) is 6.71. The molecule has 31 heavy (non-hydrogen) atoms. The standard InChI is InChI=1S/C25H26FN3O2/c1-25(24(31)27-19-8-3-2-4-9-19)16-28-21-10-6-5-7-17(21)15-22(28)23(30)29(25)20-13-11-18(26)12-14-20/h5-7,10-15,19H,2-4,8-9,16H2,1H3,(H,27,31). The van der Waals surface area contributed by atoms with E-state index in [4.69, 9.17) is 0 Å². The first-order valence-corrected chi connectivity index (χ1v) is 11.0. The zero-order valence-corrected chi connectivity index (χ0v) is 17.6. The second-order valence-electron chi connectivity index (χ2n) is 8.87. The summed E-state index contributed by atoms with van der Waals surface area (Å²) in [5.41, 5.74) is 0.847. The van der Waals surface area contributed by atoms with E-state index in [1.54, 1.807) is 17.0 Å². The van der Waals surface area contributed by atoms with Gasteiger partial charge in [0.2, 0.25) is 5.91 Å². The molecule has 1 saturated carbocycles. The highest BCUT2D eigenvalue weighted by atomic mass is 19.1. The van der Waals surface area contributed by atoms with Crippen molar-refractivity contribution in [3.05, 3.63) is 66.1 Å². The van der Waals surface area contributed by atoms with E-state index in [9.17, 15) is 14.0 Å². The molecule has 1 unspecified atom stereocenters. The maximum absolute atomic E-state index is 13.7. The van der Waals surface area contributed by atoms with Gasteiger partial charge >= 0.3 is 0 Å². The highest BCUT2D eigenvalue weighted by Crippen LogP contribution is 2.36. The molecule has 1 atom stereocenters. The van der Waals surface area contributed by atoms with Crippen LogP contribution in [0.5, 0.6) is 0 Å². The summed E-state index contributed by atoms with van der Waals surface area (Å²) in [5, 5.41) is 4.17. The molecule has 0 bridgehead atoms. The lowest BCUT2D eigenvalue weighted by molar-refractivity contribution is -0.127. The van der Waals surface area contributed by atoms with Gasteiger partial charge in [0.1, 0.15) is 17.1 Å². The third kappa shape index (κ3) is 3.30. The second kappa shape index (κ2) is 7.52. The first-order valence-electron chi connectivity index (χ1n) is 11.0. The Labute approximate surface area is 180 Å². The summed E-state index contributed by atoms with van der Waals surface area (Å²) in [6, 6.07) is 15.6. The van der Waals surface area contributed by atoms with E-state index in [1.165, 1.54) is 18.6 Å². The number of halogens is 1. The minimum atomic E-state index is -1.14. The minimum absolute atomic E-state index is 0.131. The molecule has 5 nitrogen and oxygen atoms in total. The molecular weight excluding hydrogens is 393 g/mol. The number of carbonyl (C=O) groups is 2. The molecule has 1 aliphatic heterocycles. The van der Waals surface area contributed by atoms with Gasteiger partial charge in [0.15, 0.2) is 0 Å². The van der Waals surface area contributed by atoms with Crippen molar-refractivity contribution in [2.75, 3.05) is 4.90 Å². The molecule has 0 radical (unpaired) electrons. The quantitative estimate of drug-likeness (QED) is 0.672. The molecule has 2 amide bonds. The summed E-state index contributed by atoms with van der Waals surface area (Å²) in [4.78, 5) is 28.9. The normalized spacial score (nSPS) is 21.9. The maximum Gasteiger partial charge on any atom is 0.275 e. The Balaban J connectivity index is 1.61. The number of fused-ring (bicyclic) bond motifs is 3. The van der Waals surface area contributed by atoms with Crippen molar-refractivity contribution in [1.29, 1.82) is 0 Å². The molecule has 1 N–H and O–H groups in total. The number of rotatable bonds is 3. The van der Waals surface area contributed by atoms with Crippen LogP contribution in [-0.2, 0) is 11.3 Å².